The van der Waals surface area contributed by atoms with E-state index in [1.807, 2.05) is 0 Å². The first kappa shape index (κ1) is 16.1. The number of hydrogen-bond acceptors (Lipinski definition) is 5. The van der Waals surface area contributed by atoms with E-state index in [2.05, 4.69) is 4.72 Å². The van der Waals surface area contributed by atoms with Gasteiger partial charge >= 0.3 is 0 Å². The molecule has 124 valence electrons. The number of sulfonamides is 1. The smallest absolute Gasteiger partial charge is 0.219 e. The Morgan fingerprint density at radius 1 is 1.35 bits per heavy atom. The molecular formula is C15H17FN2O4S. The summed E-state index contributed by atoms with van der Waals surface area (Å²) >= 11 is 0. The Hall–Kier alpha value is -1.74. The minimum absolute atomic E-state index is 0.00513. The average molecular weight is 340 g/mol. The third-order valence-corrected chi connectivity index (χ3v) is 5.54. The maximum atomic E-state index is 13.5. The molecule has 1 aliphatic rings. The molecule has 1 N–H and O–H groups in total. The number of furan rings is 1. The monoisotopic (exact) mass is 340 g/mol. The fraction of sp³-hybridized carbons (Fsp3) is 0.333. The van der Waals surface area contributed by atoms with E-state index in [0.29, 0.717) is 11.3 Å². The Balaban J connectivity index is 1.82. The number of nitrogens with one attached hydrogen (secondary N) is 1. The molecule has 0 bridgehead atoms. The van der Waals surface area contributed by atoms with Crippen molar-refractivity contribution in [3.8, 4) is 0 Å². The lowest BCUT2D eigenvalue weighted by molar-refractivity contribution is -0.110. The first-order valence-electron chi connectivity index (χ1n) is 7.09. The van der Waals surface area contributed by atoms with E-state index < -0.39 is 27.1 Å². The Labute approximate surface area is 133 Å². The van der Waals surface area contributed by atoms with Gasteiger partial charge in [-0.3, -0.25) is 4.84 Å². The molecule has 0 saturated carbocycles. The van der Waals surface area contributed by atoms with E-state index in [4.69, 9.17) is 9.25 Å². The average Bonchev–Trinajstić information content (AvgIpc) is 3.14. The molecule has 1 aromatic carbocycles. The molecule has 2 heterocycles. The highest BCUT2D eigenvalue weighted by Gasteiger charge is 2.43. The van der Waals surface area contributed by atoms with Crippen LogP contribution in [0, 0.1) is 5.82 Å². The second-order valence-electron chi connectivity index (χ2n) is 5.33. The van der Waals surface area contributed by atoms with Crippen molar-refractivity contribution >= 4 is 10.0 Å². The minimum Gasteiger partial charge on any atom is -0.468 e. The van der Waals surface area contributed by atoms with Crippen molar-refractivity contribution in [2.45, 2.75) is 17.8 Å². The van der Waals surface area contributed by atoms with E-state index in [0.717, 1.165) is 0 Å². The fourth-order valence-corrected chi connectivity index (χ4v) is 4.13. The van der Waals surface area contributed by atoms with Gasteiger partial charge in [0.05, 0.1) is 25.5 Å². The lowest BCUT2D eigenvalue weighted by Crippen LogP contribution is -2.39. The molecule has 1 aliphatic heterocycles. The molecule has 1 fully saturated rings. The molecule has 0 spiro atoms. The van der Waals surface area contributed by atoms with Gasteiger partial charge in [0.2, 0.25) is 10.0 Å². The number of hydrogen-bond donors (Lipinski definition) is 1. The summed E-state index contributed by atoms with van der Waals surface area (Å²) in [6, 6.07) is 8.67. The fourth-order valence-electron chi connectivity index (χ4n) is 2.66. The van der Waals surface area contributed by atoms with Gasteiger partial charge in [0, 0.05) is 7.05 Å². The molecule has 2 atom stereocenters. The van der Waals surface area contributed by atoms with Crippen molar-refractivity contribution in [3.05, 3.63) is 59.8 Å². The summed E-state index contributed by atoms with van der Waals surface area (Å²) in [5.74, 6) is 0.102. The van der Waals surface area contributed by atoms with Crippen LogP contribution in [0.15, 0.2) is 47.1 Å². The third-order valence-electron chi connectivity index (χ3n) is 3.80. The Morgan fingerprint density at radius 3 is 2.87 bits per heavy atom. The van der Waals surface area contributed by atoms with Crippen LogP contribution in [0.2, 0.25) is 0 Å². The van der Waals surface area contributed by atoms with E-state index in [-0.39, 0.29) is 13.2 Å². The van der Waals surface area contributed by atoms with Crippen LogP contribution in [0.1, 0.15) is 17.4 Å². The van der Waals surface area contributed by atoms with Crippen molar-refractivity contribution in [1.82, 2.24) is 9.79 Å². The van der Waals surface area contributed by atoms with E-state index in [1.165, 1.54) is 23.5 Å². The van der Waals surface area contributed by atoms with Crippen LogP contribution in [0.25, 0.3) is 0 Å². The summed E-state index contributed by atoms with van der Waals surface area (Å²) in [6.07, 6.45) is 1.48. The molecule has 2 aromatic rings. The summed E-state index contributed by atoms with van der Waals surface area (Å²) in [7, 11) is -2.04. The number of hydroxylamine groups is 2. The molecule has 8 heteroatoms. The van der Waals surface area contributed by atoms with Crippen LogP contribution in [-0.2, 0) is 21.4 Å². The lowest BCUT2D eigenvalue weighted by Gasteiger charge is -2.23. The molecule has 0 aliphatic carbocycles. The van der Waals surface area contributed by atoms with Gasteiger partial charge in [-0.1, -0.05) is 12.1 Å². The number of halogens is 1. The summed E-state index contributed by atoms with van der Waals surface area (Å²) in [5.41, 5.74) is 0.554. The van der Waals surface area contributed by atoms with Crippen molar-refractivity contribution in [2.24, 2.45) is 0 Å². The lowest BCUT2D eigenvalue weighted by atomic mass is 10.0. The van der Waals surface area contributed by atoms with Gasteiger partial charge in [0.1, 0.15) is 16.8 Å². The highest BCUT2D eigenvalue weighted by Crippen LogP contribution is 2.33. The molecule has 2 unspecified atom stereocenters. The normalized spacial score (nSPS) is 22.5. The first-order valence-corrected chi connectivity index (χ1v) is 8.64. The predicted molar refractivity (Wildman–Crippen MR) is 81.1 cm³/mol. The van der Waals surface area contributed by atoms with E-state index in [9.17, 15) is 12.8 Å². The van der Waals surface area contributed by atoms with Crippen molar-refractivity contribution < 1.29 is 22.1 Å². The standard InChI is InChI=1S/C15H17FN2O4S/c1-18-15(11-4-2-5-12(16)8-11)14(10-22-18)23(19,20)17-9-13-6-3-7-21-13/h2-8,14-15,17H,9-10H2,1H3. The molecular weight excluding hydrogens is 323 g/mol. The predicted octanol–water partition coefficient (Wildman–Crippen LogP) is 1.82. The number of rotatable bonds is 5. The molecule has 0 radical (unpaired) electrons. The number of nitrogens with zero attached hydrogens (tertiary/aromatic N) is 1. The van der Waals surface area contributed by atoms with Crippen LogP contribution in [0.3, 0.4) is 0 Å². The van der Waals surface area contributed by atoms with Crippen LogP contribution >= 0.6 is 0 Å². The SMILES string of the molecule is CN1OCC(S(=O)(=O)NCc2ccco2)C1c1cccc(F)c1. The Morgan fingerprint density at radius 2 is 2.17 bits per heavy atom. The Kier molecular flexibility index (Phi) is 4.49. The third kappa shape index (κ3) is 3.45. The topological polar surface area (TPSA) is 71.8 Å². The molecule has 1 saturated heterocycles. The van der Waals surface area contributed by atoms with E-state index in [1.54, 1.807) is 31.3 Å². The zero-order valence-corrected chi connectivity index (χ0v) is 13.3. The summed E-state index contributed by atoms with van der Waals surface area (Å²) in [5, 5.41) is 0.607. The van der Waals surface area contributed by atoms with Gasteiger partial charge < -0.3 is 4.42 Å². The van der Waals surface area contributed by atoms with Crippen LogP contribution in [0.5, 0.6) is 0 Å². The van der Waals surface area contributed by atoms with Gasteiger partial charge in [0.15, 0.2) is 0 Å². The second-order valence-corrected chi connectivity index (χ2v) is 7.31. The van der Waals surface area contributed by atoms with Crippen molar-refractivity contribution in [1.29, 1.82) is 0 Å². The quantitative estimate of drug-likeness (QED) is 0.899. The van der Waals surface area contributed by atoms with Crippen LogP contribution in [0.4, 0.5) is 4.39 Å². The second kappa shape index (κ2) is 6.40. The summed E-state index contributed by atoms with van der Waals surface area (Å²) in [4.78, 5) is 5.36. The van der Waals surface area contributed by atoms with Crippen molar-refractivity contribution in [3.63, 3.8) is 0 Å². The highest BCUT2D eigenvalue weighted by molar-refractivity contribution is 7.90. The molecule has 23 heavy (non-hydrogen) atoms. The maximum Gasteiger partial charge on any atom is 0.219 e. The molecule has 1 aromatic heterocycles. The summed E-state index contributed by atoms with van der Waals surface area (Å²) in [6.45, 7) is 0.0661. The molecule has 0 amide bonds. The van der Waals surface area contributed by atoms with Gasteiger partial charge in [-0.2, -0.15) is 5.06 Å². The Bertz CT molecular complexity index is 764. The molecule has 6 nitrogen and oxygen atoms in total. The van der Waals surface area contributed by atoms with Crippen molar-refractivity contribution in [2.75, 3.05) is 13.7 Å². The number of benzene rings is 1. The van der Waals surface area contributed by atoms with Crippen LogP contribution < -0.4 is 4.72 Å². The van der Waals surface area contributed by atoms with E-state index >= 15 is 0 Å². The van der Waals surface area contributed by atoms with Gasteiger partial charge in [-0.05, 0) is 29.8 Å². The maximum absolute atomic E-state index is 13.5. The van der Waals surface area contributed by atoms with Crippen LogP contribution in [-0.4, -0.2) is 32.4 Å². The van der Waals surface area contributed by atoms with Gasteiger partial charge in [-0.25, -0.2) is 17.5 Å². The molecule has 3 rings (SSSR count). The highest BCUT2D eigenvalue weighted by atomic mass is 32.2. The zero-order valence-electron chi connectivity index (χ0n) is 12.5. The minimum atomic E-state index is -3.68. The van der Waals surface area contributed by atoms with Gasteiger partial charge in [0.25, 0.3) is 0 Å². The van der Waals surface area contributed by atoms with Gasteiger partial charge in [-0.15, -0.1) is 0 Å². The largest absolute Gasteiger partial charge is 0.468 e. The zero-order chi connectivity index (χ0) is 16.4. The first-order chi connectivity index (χ1) is 11.0. The summed E-state index contributed by atoms with van der Waals surface area (Å²) < 4.78 is 46.3.